The van der Waals surface area contributed by atoms with E-state index in [2.05, 4.69) is 4.98 Å². The molecule has 21 heavy (non-hydrogen) atoms. The number of fused-ring (bicyclic) bond motifs is 1. The van der Waals surface area contributed by atoms with Crippen LogP contribution in [0.1, 0.15) is 28.0 Å². The summed E-state index contributed by atoms with van der Waals surface area (Å²) in [7, 11) is 0. The third kappa shape index (κ3) is 2.23. The van der Waals surface area contributed by atoms with E-state index < -0.39 is 23.3 Å². The molecule has 4 nitrogen and oxygen atoms in total. The highest BCUT2D eigenvalue weighted by Gasteiger charge is 2.39. The van der Waals surface area contributed by atoms with Gasteiger partial charge in [0.1, 0.15) is 5.82 Å². The van der Waals surface area contributed by atoms with Crippen molar-refractivity contribution in [3.8, 4) is 0 Å². The molecule has 0 N–H and O–H groups in total. The summed E-state index contributed by atoms with van der Waals surface area (Å²) in [6.07, 6.45) is 0.758. The molecule has 2 aromatic rings. The van der Waals surface area contributed by atoms with Crippen LogP contribution in [0.5, 0.6) is 0 Å². The molecule has 0 aliphatic carbocycles. The van der Waals surface area contributed by atoms with Gasteiger partial charge in [-0.1, -0.05) is 6.92 Å². The Hall–Kier alpha value is -2.15. The number of hydrogen-bond donors (Lipinski definition) is 0. The molecular formula is C14H10F2N2O2S. The lowest BCUT2D eigenvalue weighted by Crippen LogP contribution is -2.29. The van der Waals surface area contributed by atoms with Crippen LogP contribution in [0.4, 0.5) is 14.5 Å². The zero-order chi connectivity index (χ0) is 15.1. The Balaban J connectivity index is 2.01. The summed E-state index contributed by atoms with van der Waals surface area (Å²) in [6, 6.07) is 1.55. The predicted molar refractivity (Wildman–Crippen MR) is 73.4 cm³/mol. The fourth-order valence-electron chi connectivity index (χ4n) is 2.25. The van der Waals surface area contributed by atoms with Gasteiger partial charge in [0.2, 0.25) is 0 Å². The van der Waals surface area contributed by atoms with Gasteiger partial charge in [0, 0.05) is 11.4 Å². The van der Waals surface area contributed by atoms with Crippen molar-refractivity contribution in [3.05, 3.63) is 45.4 Å². The second-order valence-corrected chi connectivity index (χ2v) is 5.53. The summed E-state index contributed by atoms with van der Waals surface area (Å²) in [6.45, 7) is 1.95. The number of aryl methyl sites for hydroxylation is 1. The van der Waals surface area contributed by atoms with E-state index in [4.69, 9.17) is 0 Å². The maximum absolute atomic E-state index is 13.9. The zero-order valence-electron chi connectivity index (χ0n) is 11.0. The van der Waals surface area contributed by atoms with E-state index in [9.17, 15) is 18.4 Å². The lowest BCUT2D eigenvalue weighted by molar-refractivity contribution is -0.114. The third-order valence-corrected chi connectivity index (χ3v) is 4.25. The number of rotatable bonds is 3. The van der Waals surface area contributed by atoms with Gasteiger partial charge in [0.15, 0.2) is 5.82 Å². The van der Waals surface area contributed by atoms with Crippen LogP contribution in [0.25, 0.3) is 0 Å². The van der Waals surface area contributed by atoms with Gasteiger partial charge < -0.3 is 0 Å². The summed E-state index contributed by atoms with van der Waals surface area (Å²) in [5, 5.41) is 2.65. The van der Waals surface area contributed by atoms with E-state index in [0.717, 1.165) is 22.4 Å². The SMILES string of the molecule is CCc1nc(CN2C(=O)C(=O)c3cc(F)cc(F)c32)cs1. The van der Waals surface area contributed by atoms with Crippen LogP contribution in [0.3, 0.4) is 0 Å². The van der Waals surface area contributed by atoms with Crippen LogP contribution in [-0.2, 0) is 17.8 Å². The van der Waals surface area contributed by atoms with Crippen molar-refractivity contribution in [3.63, 3.8) is 0 Å². The lowest BCUT2D eigenvalue weighted by Gasteiger charge is -2.15. The van der Waals surface area contributed by atoms with Gasteiger partial charge in [-0.2, -0.15) is 0 Å². The fraction of sp³-hybridized carbons (Fsp3) is 0.214. The quantitative estimate of drug-likeness (QED) is 0.819. The first-order chi connectivity index (χ1) is 10.0. The van der Waals surface area contributed by atoms with Gasteiger partial charge in [-0.25, -0.2) is 13.8 Å². The highest BCUT2D eigenvalue weighted by Crippen LogP contribution is 2.33. The van der Waals surface area contributed by atoms with E-state index >= 15 is 0 Å². The number of benzene rings is 1. The number of amides is 1. The average molecular weight is 308 g/mol. The van der Waals surface area contributed by atoms with Crippen LogP contribution in [0.2, 0.25) is 0 Å². The highest BCUT2D eigenvalue weighted by molar-refractivity contribution is 7.09. The largest absolute Gasteiger partial charge is 0.299 e. The monoisotopic (exact) mass is 308 g/mol. The standard InChI is InChI=1S/C14H10F2N2O2S/c1-2-11-17-8(6-21-11)5-18-12-9(13(19)14(18)20)3-7(15)4-10(12)16/h3-4,6H,2,5H2,1H3. The Bertz CT molecular complexity index is 757. The number of halogens is 2. The summed E-state index contributed by atoms with van der Waals surface area (Å²) in [4.78, 5) is 29.1. The smallest absolute Gasteiger partial charge is 0.296 e. The Morgan fingerprint density at radius 1 is 1.29 bits per heavy atom. The van der Waals surface area contributed by atoms with E-state index in [1.165, 1.54) is 11.3 Å². The van der Waals surface area contributed by atoms with E-state index in [1.807, 2.05) is 6.92 Å². The number of nitrogens with zero attached hydrogens (tertiary/aromatic N) is 2. The Morgan fingerprint density at radius 2 is 2.05 bits per heavy atom. The minimum Gasteiger partial charge on any atom is -0.296 e. The molecule has 0 radical (unpaired) electrons. The van der Waals surface area contributed by atoms with Gasteiger partial charge >= 0.3 is 0 Å². The van der Waals surface area contributed by atoms with Crippen LogP contribution in [0, 0.1) is 11.6 Å². The number of carbonyl (C=O) groups excluding carboxylic acids is 2. The van der Waals surface area contributed by atoms with Crippen LogP contribution in [0.15, 0.2) is 17.5 Å². The maximum Gasteiger partial charge on any atom is 0.299 e. The van der Waals surface area contributed by atoms with Crippen molar-refractivity contribution in [2.75, 3.05) is 4.90 Å². The van der Waals surface area contributed by atoms with Crippen molar-refractivity contribution < 1.29 is 18.4 Å². The molecule has 0 atom stereocenters. The minimum absolute atomic E-state index is 0.00335. The Kier molecular flexibility index (Phi) is 3.29. The fourth-order valence-corrected chi connectivity index (χ4v) is 2.99. The number of carbonyl (C=O) groups is 2. The number of thiazole rings is 1. The molecule has 0 saturated carbocycles. The summed E-state index contributed by atoms with van der Waals surface area (Å²) in [5.41, 5.74) is 0.176. The van der Waals surface area contributed by atoms with Crippen molar-refractivity contribution in [1.29, 1.82) is 0 Å². The van der Waals surface area contributed by atoms with Gasteiger partial charge in [-0.05, 0) is 12.5 Å². The number of aromatic nitrogens is 1. The van der Waals surface area contributed by atoms with Crippen LogP contribution < -0.4 is 4.90 Å². The summed E-state index contributed by atoms with van der Waals surface area (Å²) in [5.74, 6) is -3.55. The minimum atomic E-state index is -0.921. The molecule has 108 valence electrons. The van der Waals surface area contributed by atoms with Gasteiger partial charge in [0.25, 0.3) is 11.7 Å². The molecule has 0 fully saturated rings. The zero-order valence-corrected chi connectivity index (χ0v) is 11.8. The molecule has 1 aromatic heterocycles. The predicted octanol–water partition coefficient (Wildman–Crippen LogP) is 2.71. The molecule has 0 saturated heterocycles. The normalized spacial score (nSPS) is 14.0. The van der Waals surface area contributed by atoms with Gasteiger partial charge in [-0.15, -0.1) is 11.3 Å². The van der Waals surface area contributed by atoms with Crippen molar-refractivity contribution in [2.45, 2.75) is 19.9 Å². The number of Topliss-reactive ketones (excluding diaryl/α,β-unsaturated/α-hetero) is 1. The third-order valence-electron chi connectivity index (χ3n) is 3.20. The number of ketones is 1. The average Bonchev–Trinajstić information content (AvgIpc) is 2.98. The van der Waals surface area contributed by atoms with Gasteiger partial charge in [0.05, 0.1) is 28.5 Å². The molecule has 1 amide bonds. The first kappa shape index (κ1) is 13.8. The first-order valence-corrected chi connectivity index (χ1v) is 7.17. The molecule has 1 aliphatic heterocycles. The van der Waals surface area contributed by atoms with E-state index in [1.54, 1.807) is 5.38 Å². The number of anilines is 1. The lowest BCUT2D eigenvalue weighted by atomic mass is 10.1. The second-order valence-electron chi connectivity index (χ2n) is 4.59. The summed E-state index contributed by atoms with van der Waals surface area (Å²) >= 11 is 1.44. The van der Waals surface area contributed by atoms with Crippen molar-refractivity contribution >= 4 is 28.7 Å². The van der Waals surface area contributed by atoms with Crippen molar-refractivity contribution in [1.82, 2.24) is 4.98 Å². The highest BCUT2D eigenvalue weighted by atomic mass is 32.1. The van der Waals surface area contributed by atoms with Gasteiger partial charge in [-0.3, -0.25) is 14.5 Å². The molecule has 0 bridgehead atoms. The van der Waals surface area contributed by atoms with Crippen molar-refractivity contribution in [2.24, 2.45) is 0 Å². The second kappa shape index (κ2) is 5.00. The molecule has 3 rings (SSSR count). The maximum atomic E-state index is 13.9. The molecule has 2 heterocycles. The Morgan fingerprint density at radius 3 is 2.71 bits per heavy atom. The van der Waals surface area contributed by atoms with E-state index in [0.29, 0.717) is 11.8 Å². The molecule has 0 unspecified atom stereocenters. The number of hydrogen-bond acceptors (Lipinski definition) is 4. The van der Waals surface area contributed by atoms with E-state index in [-0.39, 0.29) is 17.8 Å². The van der Waals surface area contributed by atoms with Crippen LogP contribution >= 0.6 is 11.3 Å². The Labute approximate surface area is 123 Å². The van der Waals surface area contributed by atoms with Crippen LogP contribution in [-0.4, -0.2) is 16.7 Å². The molecule has 1 aromatic carbocycles. The molecule has 7 heteroatoms. The first-order valence-electron chi connectivity index (χ1n) is 6.29. The topological polar surface area (TPSA) is 50.3 Å². The molecular weight excluding hydrogens is 298 g/mol. The molecule has 0 spiro atoms. The summed E-state index contributed by atoms with van der Waals surface area (Å²) < 4.78 is 27.1. The molecule has 1 aliphatic rings.